The lowest BCUT2D eigenvalue weighted by atomic mass is 9.86. The van der Waals surface area contributed by atoms with Crippen molar-refractivity contribution in [2.75, 3.05) is 0 Å². The first-order valence-corrected chi connectivity index (χ1v) is 4.30. The maximum Gasteiger partial charge on any atom is -0.0133 e. The molecule has 1 saturated carbocycles. The van der Waals surface area contributed by atoms with E-state index >= 15 is 0 Å². The summed E-state index contributed by atoms with van der Waals surface area (Å²) in [6, 6.07) is 0. The summed E-state index contributed by atoms with van der Waals surface area (Å²) in [5.41, 5.74) is 0. The van der Waals surface area contributed by atoms with E-state index in [1.807, 2.05) is 0 Å². The van der Waals surface area contributed by atoms with E-state index in [4.69, 9.17) is 0 Å². The van der Waals surface area contributed by atoms with E-state index in [9.17, 15) is 0 Å². The SMILES string of the molecule is C1=C[C@@H]2[C@@H]3C=CC(C3)[C@H]2C1. The van der Waals surface area contributed by atoms with E-state index in [0.29, 0.717) is 0 Å². The van der Waals surface area contributed by atoms with Crippen molar-refractivity contribution in [1.29, 1.82) is 0 Å². The molecule has 0 aromatic rings. The monoisotopic (exact) mass is 132 g/mol. The zero-order chi connectivity index (χ0) is 6.55. The normalized spacial score (nSPS) is 54.4. The summed E-state index contributed by atoms with van der Waals surface area (Å²) >= 11 is 0. The first-order chi connectivity index (χ1) is 4.95. The van der Waals surface area contributed by atoms with Crippen molar-refractivity contribution >= 4 is 0 Å². The van der Waals surface area contributed by atoms with Crippen molar-refractivity contribution < 1.29 is 0 Å². The third kappa shape index (κ3) is 0.448. The van der Waals surface area contributed by atoms with Gasteiger partial charge in [0.05, 0.1) is 0 Å². The van der Waals surface area contributed by atoms with Gasteiger partial charge in [-0.3, -0.25) is 0 Å². The molecular formula is C10H12. The molecule has 0 nitrogen and oxygen atoms in total. The average Bonchev–Trinajstić information content (AvgIpc) is 2.60. The van der Waals surface area contributed by atoms with Crippen molar-refractivity contribution in [3.8, 4) is 0 Å². The first kappa shape index (κ1) is 5.17. The number of hydrogen-bond acceptors (Lipinski definition) is 0. The van der Waals surface area contributed by atoms with Crippen molar-refractivity contribution in [2.24, 2.45) is 23.7 Å². The molecular weight excluding hydrogens is 120 g/mol. The molecule has 1 fully saturated rings. The van der Waals surface area contributed by atoms with Crippen LogP contribution in [0.4, 0.5) is 0 Å². The fourth-order valence-corrected chi connectivity index (χ4v) is 2.97. The van der Waals surface area contributed by atoms with Gasteiger partial charge in [0.1, 0.15) is 0 Å². The van der Waals surface area contributed by atoms with Crippen LogP contribution in [-0.2, 0) is 0 Å². The van der Waals surface area contributed by atoms with E-state index in [2.05, 4.69) is 24.3 Å². The van der Waals surface area contributed by atoms with E-state index < -0.39 is 0 Å². The predicted molar refractivity (Wildman–Crippen MR) is 41.5 cm³/mol. The van der Waals surface area contributed by atoms with Gasteiger partial charge in [0.15, 0.2) is 0 Å². The summed E-state index contributed by atoms with van der Waals surface area (Å²) in [4.78, 5) is 0. The minimum absolute atomic E-state index is 0.925. The Labute approximate surface area is 61.6 Å². The molecule has 2 bridgehead atoms. The van der Waals surface area contributed by atoms with Gasteiger partial charge in [-0.25, -0.2) is 0 Å². The topological polar surface area (TPSA) is 0 Å². The van der Waals surface area contributed by atoms with Crippen LogP contribution in [0, 0.1) is 23.7 Å². The summed E-state index contributed by atoms with van der Waals surface area (Å²) in [6.07, 6.45) is 12.5. The molecule has 0 aromatic carbocycles. The highest BCUT2D eigenvalue weighted by atomic mass is 14.5. The molecule has 0 spiro atoms. The fourth-order valence-electron chi connectivity index (χ4n) is 2.97. The molecule has 0 aromatic heterocycles. The van der Waals surface area contributed by atoms with Gasteiger partial charge in [0.2, 0.25) is 0 Å². The van der Waals surface area contributed by atoms with E-state index in [-0.39, 0.29) is 0 Å². The van der Waals surface area contributed by atoms with Crippen LogP contribution < -0.4 is 0 Å². The lowest BCUT2D eigenvalue weighted by Crippen LogP contribution is -2.12. The Morgan fingerprint density at radius 1 is 1.00 bits per heavy atom. The van der Waals surface area contributed by atoms with Crippen molar-refractivity contribution in [3.05, 3.63) is 24.3 Å². The van der Waals surface area contributed by atoms with Gasteiger partial charge >= 0.3 is 0 Å². The highest BCUT2D eigenvalue weighted by molar-refractivity contribution is 5.21. The molecule has 0 N–H and O–H groups in total. The Bertz CT molecular complexity index is 212. The van der Waals surface area contributed by atoms with Crippen molar-refractivity contribution in [2.45, 2.75) is 12.8 Å². The largest absolute Gasteiger partial charge is 0.0879 e. The molecule has 52 valence electrons. The Morgan fingerprint density at radius 2 is 1.90 bits per heavy atom. The molecule has 3 rings (SSSR count). The first-order valence-electron chi connectivity index (χ1n) is 4.30. The van der Waals surface area contributed by atoms with Crippen LogP contribution in [0.1, 0.15) is 12.8 Å². The molecule has 0 amide bonds. The van der Waals surface area contributed by atoms with Gasteiger partial charge in [0, 0.05) is 0 Å². The molecule has 0 heterocycles. The predicted octanol–water partition coefficient (Wildman–Crippen LogP) is 2.38. The molecule has 1 unspecified atom stereocenters. The molecule has 0 aliphatic heterocycles. The number of fused-ring (bicyclic) bond motifs is 5. The minimum Gasteiger partial charge on any atom is -0.0879 e. The van der Waals surface area contributed by atoms with Crippen LogP contribution >= 0.6 is 0 Å². The highest BCUT2D eigenvalue weighted by Gasteiger charge is 2.44. The lowest BCUT2D eigenvalue weighted by Gasteiger charge is -2.18. The smallest absolute Gasteiger partial charge is 0.0133 e. The maximum absolute atomic E-state index is 2.44. The average molecular weight is 132 g/mol. The molecule has 3 aliphatic rings. The van der Waals surface area contributed by atoms with Crippen LogP contribution in [0.15, 0.2) is 24.3 Å². The zero-order valence-corrected chi connectivity index (χ0v) is 6.03. The van der Waals surface area contributed by atoms with Crippen molar-refractivity contribution in [1.82, 2.24) is 0 Å². The second kappa shape index (κ2) is 1.55. The molecule has 0 radical (unpaired) electrons. The zero-order valence-electron chi connectivity index (χ0n) is 6.03. The molecule has 4 atom stereocenters. The summed E-state index contributed by atoms with van der Waals surface area (Å²) in [5, 5.41) is 0. The van der Waals surface area contributed by atoms with Gasteiger partial charge < -0.3 is 0 Å². The van der Waals surface area contributed by atoms with Gasteiger partial charge in [-0.1, -0.05) is 24.3 Å². The van der Waals surface area contributed by atoms with Crippen LogP contribution in [0.5, 0.6) is 0 Å². The fraction of sp³-hybridized carbons (Fsp3) is 0.600. The number of allylic oxidation sites excluding steroid dienone is 4. The standard InChI is InChI=1S/C10H12/c1-2-9-7-4-5-8(6-7)10(9)3-1/h1-2,4-5,7-10H,3,6H2/t7-,8?,9-,10-/m1/s1. The second-order valence-electron chi connectivity index (χ2n) is 3.85. The van der Waals surface area contributed by atoms with Crippen LogP contribution in [0.25, 0.3) is 0 Å². The molecule has 10 heavy (non-hydrogen) atoms. The van der Waals surface area contributed by atoms with Crippen LogP contribution in [0.3, 0.4) is 0 Å². The van der Waals surface area contributed by atoms with Gasteiger partial charge in [-0.2, -0.15) is 0 Å². The number of hydrogen-bond donors (Lipinski definition) is 0. The Hall–Kier alpha value is -0.520. The van der Waals surface area contributed by atoms with Gasteiger partial charge in [0.25, 0.3) is 0 Å². The summed E-state index contributed by atoms with van der Waals surface area (Å²) in [7, 11) is 0. The Morgan fingerprint density at radius 3 is 2.80 bits per heavy atom. The van der Waals surface area contributed by atoms with Gasteiger partial charge in [-0.05, 0) is 36.5 Å². The highest BCUT2D eigenvalue weighted by Crippen LogP contribution is 2.52. The van der Waals surface area contributed by atoms with E-state index in [1.54, 1.807) is 0 Å². The number of rotatable bonds is 0. The minimum atomic E-state index is 0.925. The summed E-state index contributed by atoms with van der Waals surface area (Å²) in [6.45, 7) is 0. The molecule has 0 heteroatoms. The third-order valence-corrected chi connectivity index (χ3v) is 3.46. The second-order valence-corrected chi connectivity index (χ2v) is 3.85. The van der Waals surface area contributed by atoms with Crippen molar-refractivity contribution in [3.63, 3.8) is 0 Å². The van der Waals surface area contributed by atoms with Crippen LogP contribution in [0.2, 0.25) is 0 Å². The Balaban J connectivity index is 2.04. The summed E-state index contributed by atoms with van der Waals surface area (Å²) in [5.74, 6) is 3.82. The van der Waals surface area contributed by atoms with E-state index in [0.717, 1.165) is 23.7 Å². The Kier molecular flexibility index (Phi) is 0.803. The van der Waals surface area contributed by atoms with Gasteiger partial charge in [-0.15, -0.1) is 0 Å². The summed E-state index contributed by atoms with van der Waals surface area (Å²) < 4.78 is 0. The maximum atomic E-state index is 2.44. The van der Waals surface area contributed by atoms with Crippen LogP contribution in [-0.4, -0.2) is 0 Å². The third-order valence-electron chi connectivity index (χ3n) is 3.46. The lowest BCUT2D eigenvalue weighted by molar-refractivity contribution is 0.398. The molecule has 3 aliphatic carbocycles. The van der Waals surface area contributed by atoms with E-state index in [1.165, 1.54) is 12.8 Å². The quantitative estimate of drug-likeness (QED) is 0.444. The molecule has 0 saturated heterocycles.